The molecule has 80 valence electrons. The van der Waals surface area contributed by atoms with Crippen LogP contribution in [0, 0.1) is 6.92 Å². The van der Waals surface area contributed by atoms with Crippen LogP contribution in [0.1, 0.15) is 23.6 Å². The molecule has 0 saturated heterocycles. The van der Waals surface area contributed by atoms with Crippen molar-refractivity contribution in [2.24, 2.45) is 5.84 Å². The summed E-state index contributed by atoms with van der Waals surface area (Å²) in [4.78, 5) is 0. The van der Waals surface area contributed by atoms with Gasteiger partial charge in [0.15, 0.2) is 0 Å². The topological polar surface area (TPSA) is 47.3 Å². The smallest absolute Gasteiger partial charge is 0.115 e. The molecular weight excluding hydrogens is 188 g/mol. The third kappa shape index (κ3) is 2.19. The van der Waals surface area contributed by atoms with Gasteiger partial charge in [0, 0.05) is 6.42 Å². The fourth-order valence-corrected chi connectivity index (χ4v) is 1.74. The minimum atomic E-state index is -0.0203. The number of benzene rings is 1. The molecular formula is C12H16N2O. The van der Waals surface area contributed by atoms with E-state index in [1.807, 2.05) is 0 Å². The summed E-state index contributed by atoms with van der Waals surface area (Å²) in [5.41, 5.74) is 5.17. The van der Waals surface area contributed by atoms with Crippen molar-refractivity contribution in [3.8, 4) is 0 Å². The third-order valence-corrected chi connectivity index (χ3v) is 2.59. The summed E-state index contributed by atoms with van der Waals surface area (Å²) >= 11 is 0. The van der Waals surface area contributed by atoms with E-state index in [9.17, 15) is 0 Å². The zero-order valence-corrected chi connectivity index (χ0v) is 8.86. The van der Waals surface area contributed by atoms with Crippen molar-refractivity contribution >= 4 is 0 Å². The Kier molecular flexibility index (Phi) is 3.04. The lowest BCUT2D eigenvalue weighted by Crippen LogP contribution is -2.29. The van der Waals surface area contributed by atoms with E-state index in [1.54, 1.807) is 0 Å². The number of rotatable bonds is 3. The highest BCUT2D eigenvalue weighted by atomic mass is 16.5. The van der Waals surface area contributed by atoms with Gasteiger partial charge in [-0.1, -0.05) is 29.8 Å². The largest absolute Gasteiger partial charge is 0.496 e. The van der Waals surface area contributed by atoms with Crippen molar-refractivity contribution in [3.05, 3.63) is 47.2 Å². The van der Waals surface area contributed by atoms with E-state index in [0.717, 1.165) is 24.4 Å². The first-order chi connectivity index (χ1) is 7.31. The molecule has 3 N–H and O–H groups in total. The Hall–Kier alpha value is -1.32. The van der Waals surface area contributed by atoms with Gasteiger partial charge in [0.2, 0.25) is 0 Å². The minimum Gasteiger partial charge on any atom is -0.496 e. The molecule has 0 spiro atoms. The van der Waals surface area contributed by atoms with Gasteiger partial charge in [0.1, 0.15) is 11.8 Å². The summed E-state index contributed by atoms with van der Waals surface area (Å²) in [5.74, 6) is 6.48. The summed E-state index contributed by atoms with van der Waals surface area (Å²) in [6.45, 7) is 2.83. The molecule has 1 unspecified atom stereocenters. The monoisotopic (exact) mass is 204 g/mol. The summed E-state index contributed by atoms with van der Waals surface area (Å²) in [5, 5.41) is 0. The quantitative estimate of drug-likeness (QED) is 0.583. The molecule has 1 aromatic carbocycles. The second kappa shape index (κ2) is 4.47. The first-order valence-corrected chi connectivity index (χ1v) is 5.17. The number of nitrogens with one attached hydrogen (secondary N) is 1. The zero-order chi connectivity index (χ0) is 10.7. The molecule has 0 fully saturated rings. The van der Waals surface area contributed by atoms with Gasteiger partial charge >= 0.3 is 0 Å². The summed E-state index contributed by atoms with van der Waals surface area (Å²) < 4.78 is 5.51. The Balaban J connectivity index is 2.22. The molecule has 0 bridgehead atoms. The maximum atomic E-state index is 5.55. The van der Waals surface area contributed by atoms with E-state index in [2.05, 4.69) is 42.7 Å². The molecule has 1 heterocycles. The van der Waals surface area contributed by atoms with Crippen LogP contribution in [0.5, 0.6) is 0 Å². The standard InChI is InChI=1S/C12H16N2O/c1-9-4-6-10(7-5-9)12(14-13)11-3-2-8-15-11/h3-7,12,14H,2,8,13H2,1H3. The Bertz CT molecular complexity index is 356. The SMILES string of the molecule is Cc1ccc(C(NN)C2=CCCO2)cc1. The zero-order valence-electron chi connectivity index (χ0n) is 8.86. The Morgan fingerprint density at radius 2 is 2.07 bits per heavy atom. The van der Waals surface area contributed by atoms with Gasteiger partial charge in [-0.15, -0.1) is 0 Å². The van der Waals surface area contributed by atoms with E-state index < -0.39 is 0 Å². The molecule has 0 radical (unpaired) electrons. The van der Waals surface area contributed by atoms with Crippen molar-refractivity contribution < 1.29 is 4.74 Å². The van der Waals surface area contributed by atoms with Crippen LogP contribution in [-0.2, 0) is 4.74 Å². The number of hydrogen-bond acceptors (Lipinski definition) is 3. The van der Waals surface area contributed by atoms with Gasteiger partial charge in [-0.2, -0.15) is 0 Å². The predicted molar refractivity (Wildman–Crippen MR) is 59.9 cm³/mol. The van der Waals surface area contributed by atoms with Crippen LogP contribution >= 0.6 is 0 Å². The van der Waals surface area contributed by atoms with Gasteiger partial charge in [-0.05, 0) is 18.6 Å². The second-order valence-corrected chi connectivity index (χ2v) is 3.75. The number of hydrogen-bond donors (Lipinski definition) is 2. The minimum absolute atomic E-state index is 0.0203. The first kappa shape index (κ1) is 10.2. The first-order valence-electron chi connectivity index (χ1n) is 5.17. The lowest BCUT2D eigenvalue weighted by atomic mass is 10.0. The van der Waals surface area contributed by atoms with E-state index in [4.69, 9.17) is 10.6 Å². The maximum absolute atomic E-state index is 5.55. The van der Waals surface area contributed by atoms with E-state index in [-0.39, 0.29) is 6.04 Å². The second-order valence-electron chi connectivity index (χ2n) is 3.75. The van der Waals surface area contributed by atoms with Crippen LogP contribution in [0.25, 0.3) is 0 Å². The molecule has 1 aromatic rings. The molecule has 2 rings (SSSR count). The van der Waals surface area contributed by atoms with Gasteiger partial charge in [0.05, 0.1) is 6.61 Å². The van der Waals surface area contributed by atoms with Crippen LogP contribution in [0.15, 0.2) is 36.1 Å². The van der Waals surface area contributed by atoms with Crippen molar-refractivity contribution in [1.29, 1.82) is 0 Å². The number of nitrogens with two attached hydrogens (primary N) is 1. The Morgan fingerprint density at radius 1 is 1.33 bits per heavy atom. The predicted octanol–water partition coefficient (Wildman–Crippen LogP) is 1.80. The van der Waals surface area contributed by atoms with Crippen molar-refractivity contribution in [3.63, 3.8) is 0 Å². The lowest BCUT2D eigenvalue weighted by molar-refractivity contribution is 0.215. The van der Waals surface area contributed by atoms with Gasteiger partial charge in [0.25, 0.3) is 0 Å². The van der Waals surface area contributed by atoms with E-state index in [1.165, 1.54) is 5.56 Å². The molecule has 3 heteroatoms. The fraction of sp³-hybridized carbons (Fsp3) is 0.333. The van der Waals surface area contributed by atoms with Gasteiger partial charge < -0.3 is 4.74 Å². The summed E-state index contributed by atoms with van der Waals surface area (Å²) in [6.07, 6.45) is 3.06. The van der Waals surface area contributed by atoms with Crippen LogP contribution in [0.2, 0.25) is 0 Å². The molecule has 15 heavy (non-hydrogen) atoms. The highest BCUT2D eigenvalue weighted by molar-refractivity contribution is 5.29. The molecule has 3 nitrogen and oxygen atoms in total. The summed E-state index contributed by atoms with van der Waals surface area (Å²) in [6, 6.07) is 8.28. The normalized spacial score (nSPS) is 17.1. The molecule has 1 aliphatic rings. The van der Waals surface area contributed by atoms with Crippen molar-refractivity contribution in [1.82, 2.24) is 5.43 Å². The summed E-state index contributed by atoms with van der Waals surface area (Å²) in [7, 11) is 0. The van der Waals surface area contributed by atoms with Gasteiger partial charge in [-0.3, -0.25) is 5.84 Å². The maximum Gasteiger partial charge on any atom is 0.115 e. The molecule has 1 aliphatic heterocycles. The van der Waals surface area contributed by atoms with Crippen LogP contribution < -0.4 is 11.3 Å². The van der Waals surface area contributed by atoms with E-state index >= 15 is 0 Å². The molecule has 0 saturated carbocycles. The van der Waals surface area contributed by atoms with Crippen LogP contribution in [0.3, 0.4) is 0 Å². The number of aryl methyl sites for hydroxylation is 1. The highest BCUT2D eigenvalue weighted by Gasteiger charge is 2.18. The highest BCUT2D eigenvalue weighted by Crippen LogP contribution is 2.25. The average molecular weight is 204 g/mol. The molecule has 0 aliphatic carbocycles. The van der Waals surface area contributed by atoms with Crippen LogP contribution in [0.4, 0.5) is 0 Å². The number of hydrazine groups is 1. The van der Waals surface area contributed by atoms with Crippen molar-refractivity contribution in [2.45, 2.75) is 19.4 Å². The Morgan fingerprint density at radius 3 is 2.60 bits per heavy atom. The van der Waals surface area contributed by atoms with Crippen molar-refractivity contribution in [2.75, 3.05) is 6.61 Å². The van der Waals surface area contributed by atoms with Crippen LogP contribution in [-0.4, -0.2) is 6.61 Å². The third-order valence-electron chi connectivity index (χ3n) is 2.59. The van der Waals surface area contributed by atoms with Gasteiger partial charge in [-0.25, -0.2) is 5.43 Å². The number of ether oxygens (including phenoxy) is 1. The molecule has 0 aromatic heterocycles. The average Bonchev–Trinajstić information content (AvgIpc) is 2.75. The lowest BCUT2D eigenvalue weighted by Gasteiger charge is -2.17. The Labute approximate surface area is 89.9 Å². The molecule has 0 amide bonds. The molecule has 1 atom stereocenters. The fourth-order valence-electron chi connectivity index (χ4n) is 1.74. The van der Waals surface area contributed by atoms with E-state index in [0.29, 0.717) is 0 Å².